The average Bonchev–Trinajstić information content (AvgIpc) is 2.74. The van der Waals surface area contributed by atoms with E-state index < -0.39 is 0 Å². The standard InChI is InChI=1S/C11H9Br2NOS/c12-8-6-10(13)11(14-7-8)15-4-3-9-2-1-5-16-9/h1-2,5-7H,3-4H2. The number of hydrogen-bond acceptors (Lipinski definition) is 3. The number of ether oxygens (including phenoxy) is 1. The predicted molar refractivity (Wildman–Crippen MR) is 73.2 cm³/mol. The van der Waals surface area contributed by atoms with Crippen molar-refractivity contribution < 1.29 is 4.74 Å². The Labute approximate surface area is 115 Å². The van der Waals surface area contributed by atoms with Gasteiger partial charge in [0.1, 0.15) is 0 Å². The molecule has 0 unspecified atom stereocenters. The van der Waals surface area contributed by atoms with Gasteiger partial charge in [-0.2, -0.15) is 0 Å². The molecule has 0 aliphatic rings. The van der Waals surface area contributed by atoms with E-state index in [-0.39, 0.29) is 0 Å². The first-order valence-corrected chi connectivity index (χ1v) is 7.18. The third-order valence-electron chi connectivity index (χ3n) is 1.94. The minimum atomic E-state index is 0.639. The topological polar surface area (TPSA) is 22.1 Å². The summed E-state index contributed by atoms with van der Waals surface area (Å²) < 4.78 is 7.40. The molecule has 0 saturated carbocycles. The first-order chi connectivity index (χ1) is 7.75. The summed E-state index contributed by atoms with van der Waals surface area (Å²) in [5.41, 5.74) is 0. The van der Waals surface area contributed by atoms with E-state index in [1.807, 2.05) is 12.1 Å². The molecule has 0 aliphatic heterocycles. The molecular formula is C11H9Br2NOS. The molecule has 0 N–H and O–H groups in total. The minimum Gasteiger partial charge on any atom is -0.476 e. The largest absolute Gasteiger partial charge is 0.476 e. The van der Waals surface area contributed by atoms with Crippen molar-refractivity contribution in [1.29, 1.82) is 0 Å². The summed E-state index contributed by atoms with van der Waals surface area (Å²) in [4.78, 5) is 5.51. The monoisotopic (exact) mass is 361 g/mol. The van der Waals surface area contributed by atoms with Crippen LogP contribution in [0.25, 0.3) is 0 Å². The van der Waals surface area contributed by atoms with Crippen molar-refractivity contribution in [3.05, 3.63) is 43.6 Å². The van der Waals surface area contributed by atoms with Crippen molar-refractivity contribution >= 4 is 43.2 Å². The van der Waals surface area contributed by atoms with Gasteiger partial charge < -0.3 is 4.74 Å². The van der Waals surface area contributed by atoms with Crippen molar-refractivity contribution in [3.8, 4) is 5.88 Å². The van der Waals surface area contributed by atoms with E-state index in [1.165, 1.54) is 4.88 Å². The van der Waals surface area contributed by atoms with Crippen LogP contribution in [0.4, 0.5) is 0 Å². The van der Waals surface area contributed by atoms with Gasteiger partial charge in [-0.3, -0.25) is 0 Å². The fourth-order valence-corrected chi connectivity index (χ4v) is 3.00. The second-order valence-corrected chi connectivity index (χ2v) is 5.92. The van der Waals surface area contributed by atoms with Crippen LogP contribution in [0.2, 0.25) is 0 Å². The maximum Gasteiger partial charge on any atom is 0.228 e. The molecule has 0 aliphatic carbocycles. The smallest absolute Gasteiger partial charge is 0.228 e. The van der Waals surface area contributed by atoms with E-state index in [9.17, 15) is 0 Å². The fraction of sp³-hybridized carbons (Fsp3) is 0.182. The highest BCUT2D eigenvalue weighted by atomic mass is 79.9. The van der Waals surface area contributed by atoms with Gasteiger partial charge in [-0.15, -0.1) is 11.3 Å². The van der Waals surface area contributed by atoms with Gasteiger partial charge in [0.25, 0.3) is 0 Å². The third kappa shape index (κ3) is 3.30. The summed E-state index contributed by atoms with van der Waals surface area (Å²) in [5.74, 6) is 0.639. The Bertz CT molecular complexity index is 459. The zero-order valence-electron chi connectivity index (χ0n) is 8.32. The molecule has 2 nitrogen and oxygen atoms in total. The molecule has 5 heteroatoms. The molecule has 0 fully saturated rings. The number of aromatic nitrogens is 1. The van der Waals surface area contributed by atoms with E-state index in [4.69, 9.17) is 4.74 Å². The number of nitrogens with zero attached hydrogens (tertiary/aromatic N) is 1. The molecule has 84 valence electrons. The average molecular weight is 363 g/mol. The normalized spacial score (nSPS) is 10.4. The molecule has 0 saturated heterocycles. The Morgan fingerprint density at radius 1 is 1.38 bits per heavy atom. The molecule has 2 rings (SSSR count). The van der Waals surface area contributed by atoms with Gasteiger partial charge in [-0.1, -0.05) is 6.07 Å². The lowest BCUT2D eigenvalue weighted by Crippen LogP contribution is -2.02. The predicted octanol–water partition coefficient (Wildman–Crippen LogP) is 4.29. The third-order valence-corrected chi connectivity index (χ3v) is 3.88. The Hall–Kier alpha value is -0.390. The fourth-order valence-electron chi connectivity index (χ4n) is 1.21. The SMILES string of the molecule is Brc1cnc(OCCc2cccs2)c(Br)c1. The van der Waals surface area contributed by atoms with Gasteiger partial charge in [0.2, 0.25) is 5.88 Å². The van der Waals surface area contributed by atoms with Crippen LogP contribution in [-0.4, -0.2) is 11.6 Å². The number of rotatable bonds is 4. The molecular weight excluding hydrogens is 354 g/mol. The van der Waals surface area contributed by atoms with Gasteiger partial charge in [0.15, 0.2) is 0 Å². The molecule has 0 aromatic carbocycles. The second-order valence-electron chi connectivity index (χ2n) is 3.12. The number of halogens is 2. The quantitative estimate of drug-likeness (QED) is 0.809. The van der Waals surface area contributed by atoms with E-state index >= 15 is 0 Å². The van der Waals surface area contributed by atoms with Crippen molar-refractivity contribution in [1.82, 2.24) is 4.98 Å². The van der Waals surface area contributed by atoms with E-state index in [2.05, 4.69) is 48.3 Å². The van der Waals surface area contributed by atoms with Crippen LogP contribution in [0.5, 0.6) is 5.88 Å². The Kier molecular flexibility index (Phi) is 4.37. The minimum absolute atomic E-state index is 0.639. The highest BCUT2D eigenvalue weighted by Crippen LogP contribution is 2.25. The zero-order valence-corrected chi connectivity index (χ0v) is 12.3. The maximum absolute atomic E-state index is 5.59. The maximum atomic E-state index is 5.59. The lowest BCUT2D eigenvalue weighted by atomic mass is 10.4. The summed E-state index contributed by atoms with van der Waals surface area (Å²) in [5, 5.41) is 2.07. The van der Waals surface area contributed by atoms with Crippen molar-refractivity contribution in [2.24, 2.45) is 0 Å². The number of pyridine rings is 1. The van der Waals surface area contributed by atoms with Crippen molar-refractivity contribution in [2.45, 2.75) is 6.42 Å². The number of hydrogen-bond donors (Lipinski definition) is 0. The zero-order chi connectivity index (χ0) is 11.4. The molecule has 0 atom stereocenters. The van der Waals surface area contributed by atoms with Gasteiger partial charge in [-0.25, -0.2) is 4.98 Å². The van der Waals surface area contributed by atoms with Crippen LogP contribution >= 0.6 is 43.2 Å². The van der Waals surface area contributed by atoms with Crippen LogP contribution in [-0.2, 0) is 6.42 Å². The molecule has 0 bridgehead atoms. The summed E-state index contributed by atoms with van der Waals surface area (Å²) in [6.07, 6.45) is 2.65. The summed E-state index contributed by atoms with van der Waals surface area (Å²) >= 11 is 8.51. The number of thiophene rings is 1. The Morgan fingerprint density at radius 2 is 2.25 bits per heavy atom. The first kappa shape index (κ1) is 12.1. The van der Waals surface area contributed by atoms with Crippen LogP contribution in [0.1, 0.15) is 4.88 Å². The summed E-state index contributed by atoms with van der Waals surface area (Å²) in [6.45, 7) is 0.647. The highest BCUT2D eigenvalue weighted by molar-refractivity contribution is 9.11. The Balaban J connectivity index is 1.90. The van der Waals surface area contributed by atoms with E-state index in [1.54, 1.807) is 17.5 Å². The summed E-state index contributed by atoms with van der Waals surface area (Å²) in [7, 11) is 0. The van der Waals surface area contributed by atoms with Gasteiger partial charge in [-0.05, 0) is 49.4 Å². The van der Waals surface area contributed by atoms with Gasteiger partial charge >= 0.3 is 0 Å². The molecule has 2 aromatic rings. The Morgan fingerprint density at radius 3 is 2.94 bits per heavy atom. The van der Waals surface area contributed by atoms with Crippen LogP contribution in [0.3, 0.4) is 0 Å². The van der Waals surface area contributed by atoms with E-state index in [0.717, 1.165) is 15.4 Å². The van der Waals surface area contributed by atoms with Crippen LogP contribution in [0.15, 0.2) is 38.7 Å². The second kappa shape index (κ2) is 5.80. The van der Waals surface area contributed by atoms with Crippen molar-refractivity contribution in [2.75, 3.05) is 6.61 Å². The van der Waals surface area contributed by atoms with Crippen LogP contribution < -0.4 is 4.74 Å². The van der Waals surface area contributed by atoms with Gasteiger partial charge in [0, 0.05) is 22.0 Å². The van der Waals surface area contributed by atoms with E-state index in [0.29, 0.717) is 12.5 Å². The molecule has 0 amide bonds. The molecule has 0 radical (unpaired) electrons. The molecule has 2 heterocycles. The molecule has 16 heavy (non-hydrogen) atoms. The lowest BCUT2D eigenvalue weighted by Gasteiger charge is -2.06. The summed E-state index contributed by atoms with van der Waals surface area (Å²) in [6, 6.07) is 6.08. The lowest BCUT2D eigenvalue weighted by molar-refractivity contribution is 0.308. The van der Waals surface area contributed by atoms with Crippen LogP contribution in [0, 0.1) is 0 Å². The highest BCUT2D eigenvalue weighted by Gasteiger charge is 2.03. The van der Waals surface area contributed by atoms with Gasteiger partial charge in [0.05, 0.1) is 11.1 Å². The first-order valence-electron chi connectivity index (χ1n) is 4.72. The molecule has 0 spiro atoms. The molecule has 2 aromatic heterocycles. The van der Waals surface area contributed by atoms with Crippen molar-refractivity contribution in [3.63, 3.8) is 0 Å².